The number of aromatic nitrogens is 1. The van der Waals surface area contributed by atoms with Crippen LogP contribution >= 0.6 is 0 Å². The van der Waals surface area contributed by atoms with Crippen LogP contribution in [0.5, 0.6) is 0 Å². The Kier molecular flexibility index (Phi) is 3.56. The summed E-state index contributed by atoms with van der Waals surface area (Å²) in [4.78, 5) is 25.4. The zero-order valence-electron chi connectivity index (χ0n) is 11.0. The molecule has 2 rings (SSSR count). The van der Waals surface area contributed by atoms with Crippen LogP contribution < -0.4 is 5.73 Å². The lowest BCUT2D eigenvalue weighted by molar-refractivity contribution is 0.0691. The smallest absolute Gasteiger partial charge is 0.352 e. The van der Waals surface area contributed by atoms with E-state index in [1.165, 1.54) is 30.5 Å². The molecular formula is C13H12N2O5S. The van der Waals surface area contributed by atoms with Crippen LogP contribution in [0, 0.1) is 0 Å². The number of aromatic amines is 1. The van der Waals surface area contributed by atoms with Gasteiger partial charge >= 0.3 is 5.97 Å². The lowest BCUT2D eigenvalue weighted by Crippen LogP contribution is -2.05. The molecule has 0 aliphatic carbocycles. The summed E-state index contributed by atoms with van der Waals surface area (Å²) in [6.45, 7) is 0. The molecule has 0 unspecified atom stereocenters. The van der Waals surface area contributed by atoms with Gasteiger partial charge in [-0.05, 0) is 24.3 Å². The lowest BCUT2D eigenvalue weighted by atomic mass is 10.1. The minimum Gasteiger partial charge on any atom is -0.477 e. The average molecular weight is 308 g/mol. The fourth-order valence-corrected chi connectivity index (χ4v) is 2.47. The highest BCUT2D eigenvalue weighted by Gasteiger charge is 2.17. The van der Waals surface area contributed by atoms with Crippen molar-refractivity contribution in [3.8, 4) is 0 Å². The predicted octanol–water partition coefficient (Wildman–Crippen LogP) is 0.930. The number of carbonyl (C=O) groups excluding carboxylic acids is 1. The molecule has 1 heterocycles. The van der Waals surface area contributed by atoms with Crippen LogP contribution in [0.2, 0.25) is 0 Å². The van der Waals surface area contributed by atoms with Gasteiger partial charge in [-0.3, -0.25) is 4.79 Å². The Morgan fingerprint density at radius 3 is 2.33 bits per heavy atom. The van der Waals surface area contributed by atoms with Crippen molar-refractivity contribution >= 4 is 27.3 Å². The van der Waals surface area contributed by atoms with Gasteiger partial charge in [-0.15, -0.1) is 0 Å². The summed E-state index contributed by atoms with van der Waals surface area (Å²) >= 11 is 0. The molecule has 0 aliphatic heterocycles. The quantitative estimate of drug-likeness (QED) is 0.569. The van der Waals surface area contributed by atoms with Crippen LogP contribution in [0.4, 0.5) is 5.69 Å². The topological polar surface area (TPSA) is 130 Å². The van der Waals surface area contributed by atoms with Gasteiger partial charge in [0, 0.05) is 29.3 Å². The number of carboxylic acids is 1. The normalized spacial score (nSPS) is 11.3. The molecule has 0 saturated heterocycles. The van der Waals surface area contributed by atoms with Gasteiger partial charge in [0.05, 0.1) is 4.90 Å². The maximum Gasteiger partial charge on any atom is 0.352 e. The Labute approximate surface area is 120 Å². The maximum atomic E-state index is 12.3. The molecule has 0 fully saturated rings. The Balaban J connectivity index is 2.48. The van der Waals surface area contributed by atoms with Crippen molar-refractivity contribution in [2.24, 2.45) is 0 Å². The van der Waals surface area contributed by atoms with E-state index in [2.05, 4.69) is 4.98 Å². The summed E-state index contributed by atoms with van der Waals surface area (Å²) in [5.41, 5.74) is 5.79. The molecule has 0 saturated carbocycles. The van der Waals surface area contributed by atoms with Crippen molar-refractivity contribution in [3.63, 3.8) is 0 Å². The first-order valence-corrected chi connectivity index (χ1v) is 7.64. The van der Waals surface area contributed by atoms with E-state index in [9.17, 15) is 18.0 Å². The molecule has 0 aliphatic rings. The molecule has 110 valence electrons. The van der Waals surface area contributed by atoms with Gasteiger partial charge in [0.2, 0.25) is 0 Å². The van der Waals surface area contributed by atoms with Crippen molar-refractivity contribution in [1.29, 1.82) is 0 Å². The molecule has 0 bridgehead atoms. The van der Waals surface area contributed by atoms with Crippen LogP contribution in [0.1, 0.15) is 26.4 Å². The highest BCUT2D eigenvalue weighted by Crippen LogP contribution is 2.20. The summed E-state index contributed by atoms with van der Waals surface area (Å²) in [5, 5.41) is 8.80. The molecule has 0 spiro atoms. The molecule has 21 heavy (non-hydrogen) atoms. The van der Waals surface area contributed by atoms with Crippen molar-refractivity contribution in [3.05, 3.63) is 47.3 Å². The molecule has 7 nitrogen and oxygen atoms in total. The van der Waals surface area contributed by atoms with E-state index in [1.54, 1.807) is 0 Å². The Hall–Kier alpha value is -2.61. The minimum atomic E-state index is -3.51. The second kappa shape index (κ2) is 5.06. The molecule has 1 aromatic heterocycles. The van der Waals surface area contributed by atoms with E-state index in [4.69, 9.17) is 10.8 Å². The molecule has 8 heteroatoms. The van der Waals surface area contributed by atoms with Crippen molar-refractivity contribution in [1.82, 2.24) is 4.98 Å². The number of hydrogen-bond donors (Lipinski definition) is 3. The Morgan fingerprint density at radius 2 is 1.81 bits per heavy atom. The largest absolute Gasteiger partial charge is 0.477 e. The van der Waals surface area contributed by atoms with E-state index >= 15 is 0 Å². The lowest BCUT2D eigenvalue weighted by Gasteiger charge is -2.04. The van der Waals surface area contributed by atoms with Crippen LogP contribution in [-0.2, 0) is 9.84 Å². The monoisotopic (exact) mass is 308 g/mol. The van der Waals surface area contributed by atoms with Gasteiger partial charge in [-0.25, -0.2) is 13.2 Å². The molecular weight excluding hydrogens is 296 g/mol. The highest BCUT2D eigenvalue weighted by molar-refractivity contribution is 7.90. The minimum absolute atomic E-state index is 0.0696. The number of sulfone groups is 1. The van der Waals surface area contributed by atoms with E-state index in [-0.39, 0.29) is 27.4 Å². The zero-order chi connectivity index (χ0) is 15.8. The summed E-state index contributed by atoms with van der Waals surface area (Å²) in [7, 11) is -3.51. The number of rotatable bonds is 4. The van der Waals surface area contributed by atoms with Crippen LogP contribution in [0.3, 0.4) is 0 Å². The second-order valence-corrected chi connectivity index (χ2v) is 6.51. The number of hydrogen-bond acceptors (Lipinski definition) is 5. The number of benzene rings is 1. The molecule has 0 atom stereocenters. The third kappa shape index (κ3) is 3.11. The van der Waals surface area contributed by atoms with Gasteiger partial charge in [-0.1, -0.05) is 0 Å². The summed E-state index contributed by atoms with van der Waals surface area (Å²) in [5.74, 6) is -1.71. The van der Waals surface area contributed by atoms with Crippen LogP contribution in [-0.4, -0.2) is 36.5 Å². The van der Waals surface area contributed by atoms with Gasteiger partial charge in [0.25, 0.3) is 0 Å². The molecule has 4 N–H and O–H groups in total. The third-order valence-electron chi connectivity index (χ3n) is 2.79. The van der Waals surface area contributed by atoms with Crippen LogP contribution in [0.25, 0.3) is 0 Å². The van der Waals surface area contributed by atoms with Gasteiger partial charge in [-0.2, -0.15) is 0 Å². The first-order chi connectivity index (χ1) is 9.68. The van der Waals surface area contributed by atoms with Crippen LogP contribution in [0.15, 0.2) is 35.4 Å². The zero-order valence-corrected chi connectivity index (χ0v) is 11.8. The van der Waals surface area contributed by atoms with Gasteiger partial charge in [0.1, 0.15) is 5.69 Å². The fraction of sp³-hybridized carbons (Fsp3) is 0.0769. The maximum absolute atomic E-state index is 12.3. The first kappa shape index (κ1) is 14.8. The summed E-state index contributed by atoms with van der Waals surface area (Å²) in [6, 6.07) is 4.98. The van der Waals surface area contributed by atoms with Crippen molar-refractivity contribution < 1.29 is 23.1 Å². The fourth-order valence-electron chi connectivity index (χ4n) is 1.78. The molecule has 0 radical (unpaired) electrons. The molecule has 2 aromatic rings. The number of carboxylic acid groups (broad SMARTS) is 1. The number of nitrogen functional groups attached to an aromatic ring is 1. The van der Waals surface area contributed by atoms with Gasteiger partial charge < -0.3 is 15.8 Å². The number of nitrogens with one attached hydrogen (secondary N) is 1. The molecule has 1 aromatic carbocycles. The van der Waals surface area contributed by atoms with Gasteiger partial charge in [0.15, 0.2) is 15.6 Å². The Bertz CT molecular complexity index is 836. The van der Waals surface area contributed by atoms with E-state index in [0.717, 1.165) is 6.26 Å². The van der Waals surface area contributed by atoms with E-state index < -0.39 is 21.6 Å². The highest BCUT2D eigenvalue weighted by atomic mass is 32.2. The number of anilines is 1. The predicted molar refractivity (Wildman–Crippen MR) is 75.1 cm³/mol. The van der Waals surface area contributed by atoms with E-state index in [1.807, 2.05) is 0 Å². The Morgan fingerprint density at radius 1 is 1.14 bits per heavy atom. The summed E-state index contributed by atoms with van der Waals surface area (Å²) < 4.78 is 23.1. The number of nitrogens with two attached hydrogens (primary N) is 1. The third-order valence-corrected chi connectivity index (χ3v) is 3.89. The first-order valence-electron chi connectivity index (χ1n) is 5.75. The standard InChI is InChI=1S/C13H12N2O5S/c1-21(19,20)10-3-7(2-9(14)5-10)12(16)8-4-11(13(17)18)15-6-8/h2-6,15H,14H2,1H3,(H,17,18). The number of carbonyl (C=O) groups is 2. The summed E-state index contributed by atoms with van der Waals surface area (Å²) in [6.07, 6.45) is 2.25. The number of H-pyrrole nitrogens is 1. The SMILES string of the molecule is CS(=O)(=O)c1cc(N)cc(C(=O)c2c[nH]c(C(=O)O)c2)c1. The molecule has 0 amide bonds. The number of aromatic carboxylic acids is 1. The van der Waals surface area contributed by atoms with E-state index in [0.29, 0.717) is 0 Å². The number of ketones is 1. The average Bonchev–Trinajstić information content (AvgIpc) is 2.85. The van der Waals surface area contributed by atoms with Crippen molar-refractivity contribution in [2.45, 2.75) is 4.90 Å². The van der Waals surface area contributed by atoms with Crippen molar-refractivity contribution in [2.75, 3.05) is 12.0 Å². The second-order valence-electron chi connectivity index (χ2n) is 4.50.